The van der Waals surface area contributed by atoms with Crippen LogP contribution in [-0.2, 0) is 4.79 Å². The van der Waals surface area contributed by atoms with E-state index in [1.54, 1.807) is 43.4 Å². The van der Waals surface area contributed by atoms with E-state index in [1.165, 1.54) is 11.1 Å². The SMILES string of the molecule is CN1C(=O)COc2ccc(Nc3ncc4c(=N)n(-c5c(Cl)cccc5Cl)c(=O)[nH]c4n3)cc21. The number of rotatable bonds is 3. The quantitative estimate of drug-likeness (QED) is 0.410. The van der Waals surface area contributed by atoms with Crippen LogP contribution in [0.2, 0.25) is 10.0 Å². The number of carbonyl (C=O) groups is 1. The monoisotopic (exact) mass is 483 g/mol. The third-order valence-corrected chi connectivity index (χ3v) is 5.77. The molecule has 1 amide bonds. The number of H-pyrrole nitrogens is 1. The van der Waals surface area contributed by atoms with E-state index in [2.05, 4.69) is 20.3 Å². The molecule has 0 fully saturated rings. The van der Waals surface area contributed by atoms with Crippen molar-refractivity contribution in [2.45, 2.75) is 0 Å². The minimum atomic E-state index is -0.627. The number of fused-ring (bicyclic) bond motifs is 2. The van der Waals surface area contributed by atoms with Crippen LogP contribution in [0, 0.1) is 5.41 Å². The second kappa shape index (κ2) is 7.91. The number of halogens is 2. The topological polar surface area (TPSA) is 129 Å². The summed E-state index contributed by atoms with van der Waals surface area (Å²) in [7, 11) is 1.67. The maximum absolute atomic E-state index is 12.8. The van der Waals surface area contributed by atoms with E-state index in [4.69, 9.17) is 33.3 Å². The number of amides is 1. The number of aromatic amines is 1. The van der Waals surface area contributed by atoms with Crippen molar-refractivity contribution in [1.82, 2.24) is 19.5 Å². The Morgan fingerprint density at radius 3 is 2.70 bits per heavy atom. The van der Waals surface area contributed by atoms with Gasteiger partial charge in [-0.05, 0) is 30.3 Å². The Balaban J connectivity index is 1.55. The first-order valence-electron chi connectivity index (χ1n) is 9.65. The summed E-state index contributed by atoms with van der Waals surface area (Å²) >= 11 is 12.5. The zero-order chi connectivity index (χ0) is 23.3. The standard InChI is InChI=1S/C21H15Cl2N7O3/c1-29-14-7-10(5-6-15(14)33-9-16(29)31)26-20-25-8-11-18(24)30(21(32)28-19(11)27-20)17-12(22)3-2-4-13(17)23/h2-8,24H,9H2,1H3,(H2,25,26,27,28,32). The number of nitrogens with one attached hydrogen (secondary N) is 3. The minimum absolute atomic E-state index is 0.00765. The highest BCUT2D eigenvalue weighted by molar-refractivity contribution is 6.37. The van der Waals surface area contributed by atoms with Crippen molar-refractivity contribution in [2.75, 3.05) is 23.9 Å². The Bertz CT molecular complexity index is 1540. The normalized spacial score (nSPS) is 13.1. The van der Waals surface area contributed by atoms with Gasteiger partial charge in [0, 0.05) is 18.9 Å². The van der Waals surface area contributed by atoms with Crippen LogP contribution < -0.4 is 26.1 Å². The van der Waals surface area contributed by atoms with Gasteiger partial charge in [0.05, 0.1) is 26.8 Å². The van der Waals surface area contributed by atoms with E-state index >= 15 is 0 Å². The van der Waals surface area contributed by atoms with Crippen LogP contribution in [0.4, 0.5) is 17.3 Å². The van der Waals surface area contributed by atoms with Gasteiger partial charge in [0.2, 0.25) is 5.95 Å². The Labute approximate surface area is 195 Å². The highest BCUT2D eigenvalue weighted by Gasteiger charge is 2.22. The fraction of sp³-hybridized carbons (Fsp3) is 0.0952. The molecule has 3 heterocycles. The van der Waals surface area contributed by atoms with Crippen molar-refractivity contribution in [2.24, 2.45) is 0 Å². The summed E-state index contributed by atoms with van der Waals surface area (Å²) in [6.45, 7) is -0.00765. The molecule has 0 saturated heterocycles. The number of ether oxygens (including phenoxy) is 1. The molecular formula is C21H15Cl2N7O3. The van der Waals surface area contributed by atoms with Gasteiger partial charge in [0.15, 0.2) is 12.3 Å². The molecule has 0 spiro atoms. The second-order valence-electron chi connectivity index (χ2n) is 7.19. The number of para-hydroxylation sites is 1. The first-order valence-corrected chi connectivity index (χ1v) is 10.4. The fourth-order valence-corrected chi connectivity index (χ4v) is 4.05. The molecular weight excluding hydrogens is 469 g/mol. The van der Waals surface area contributed by atoms with Crippen LogP contribution >= 0.6 is 23.2 Å². The highest BCUT2D eigenvalue weighted by Crippen LogP contribution is 2.34. The zero-order valence-corrected chi connectivity index (χ0v) is 18.5. The molecule has 0 unspecified atom stereocenters. The zero-order valence-electron chi connectivity index (χ0n) is 17.0. The van der Waals surface area contributed by atoms with E-state index in [9.17, 15) is 9.59 Å². The third-order valence-electron chi connectivity index (χ3n) is 5.16. The highest BCUT2D eigenvalue weighted by atomic mass is 35.5. The lowest BCUT2D eigenvalue weighted by atomic mass is 10.2. The molecule has 2 aromatic heterocycles. The molecule has 166 valence electrons. The molecule has 5 rings (SSSR count). The average Bonchev–Trinajstić information content (AvgIpc) is 2.78. The van der Waals surface area contributed by atoms with E-state index in [1.807, 2.05) is 0 Å². The summed E-state index contributed by atoms with van der Waals surface area (Å²) in [6, 6.07) is 10.0. The van der Waals surface area contributed by atoms with Crippen molar-refractivity contribution < 1.29 is 9.53 Å². The predicted octanol–water partition coefficient (Wildman–Crippen LogP) is 2.99. The van der Waals surface area contributed by atoms with Gasteiger partial charge in [-0.1, -0.05) is 29.3 Å². The Kier molecular flexibility index (Phi) is 5.03. The summed E-state index contributed by atoms with van der Waals surface area (Å²) in [6.07, 6.45) is 1.42. The molecule has 0 saturated carbocycles. The van der Waals surface area contributed by atoms with Crippen LogP contribution in [0.15, 0.2) is 47.4 Å². The molecule has 0 bridgehead atoms. The van der Waals surface area contributed by atoms with Gasteiger partial charge < -0.3 is 15.0 Å². The molecule has 3 N–H and O–H groups in total. The van der Waals surface area contributed by atoms with Crippen molar-refractivity contribution in [3.8, 4) is 11.4 Å². The van der Waals surface area contributed by atoms with E-state index < -0.39 is 5.69 Å². The third kappa shape index (κ3) is 3.59. The van der Waals surface area contributed by atoms with E-state index in [0.717, 1.165) is 4.57 Å². The number of benzene rings is 2. The number of likely N-dealkylation sites (N-methyl/N-ethyl adjacent to an activating group) is 1. The lowest BCUT2D eigenvalue weighted by Crippen LogP contribution is -2.35. The van der Waals surface area contributed by atoms with Gasteiger partial charge in [0.25, 0.3) is 5.91 Å². The summed E-state index contributed by atoms with van der Waals surface area (Å²) < 4.78 is 6.50. The number of nitrogens with zero attached hydrogens (tertiary/aromatic N) is 4. The van der Waals surface area contributed by atoms with Crippen LogP contribution in [0.5, 0.6) is 5.75 Å². The van der Waals surface area contributed by atoms with Gasteiger partial charge in [-0.3, -0.25) is 15.2 Å². The van der Waals surface area contributed by atoms with Crippen molar-refractivity contribution >= 4 is 57.5 Å². The van der Waals surface area contributed by atoms with E-state index in [-0.39, 0.29) is 45.3 Å². The fourth-order valence-electron chi connectivity index (χ4n) is 3.48. The van der Waals surface area contributed by atoms with Gasteiger partial charge in [-0.15, -0.1) is 0 Å². The minimum Gasteiger partial charge on any atom is -0.482 e. The largest absolute Gasteiger partial charge is 0.482 e. The molecule has 0 radical (unpaired) electrons. The molecule has 4 aromatic rings. The molecule has 1 aliphatic heterocycles. The molecule has 0 atom stereocenters. The van der Waals surface area contributed by atoms with Crippen LogP contribution in [-0.4, -0.2) is 39.1 Å². The number of anilines is 3. The first-order chi connectivity index (χ1) is 15.8. The van der Waals surface area contributed by atoms with E-state index in [0.29, 0.717) is 22.5 Å². The maximum Gasteiger partial charge on any atom is 0.333 e. The van der Waals surface area contributed by atoms with Gasteiger partial charge >= 0.3 is 5.69 Å². The first kappa shape index (κ1) is 21.0. The Morgan fingerprint density at radius 1 is 1.18 bits per heavy atom. The number of hydrogen-bond donors (Lipinski definition) is 3. The number of hydrogen-bond acceptors (Lipinski definition) is 7. The smallest absolute Gasteiger partial charge is 0.333 e. The number of carbonyl (C=O) groups excluding carboxylic acids is 1. The molecule has 33 heavy (non-hydrogen) atoms. The van der Waals surface area contributed by atoms with Gasteiger partial charge in [0.1, 0.15) is 11.2 Å². The second-order valence-corrected chi connectivity index (χ2v) is 8.00. The summed E-state index contributed by atoms with van der Waals surface area (Å²) in [5.41, 5.74) is 0.790. The Morgan fingerprint density at radius 2 is 1.94 bits per heavy atom. The van der Waals surface area contributed by atoms with Crippen LogP contribution in [0.1, 0.15) is 0 Å². The van der Waals surface area contributed by atoms with Crippen LogP contribution in [0.3, 0.4) is 0 Å². The van der Waals surface area contributed by atoms with Gasteiger partial charge in [-0.25, -0.2) is 14.3 Å². The molecule has 10 nitrogen and oxygen atoms in total. The summed E-state index contributed by atoms with van der Waals surface area (Å²) in [5, 5.41) is 12.3. The Hall–Kier alpha value is -3.89. The van der Waals surface area contributed by atoms with Gasteiger partial charge in [-0.2, -0.15) is 4.98 Å². The maximum atomic E-state index is 12.8. The van der Waals surface area contributed by atoms with Crippen LogP contribution in [0.25, 0.3) is 16.7 Å². The molecule has 0 aliphatic carbocycles. The van der Waals surface area contributed by atoms with Crippen molar-refractivity contribution in [3.63, 3.8) is 0 Å². The van der Waals surface area contributed by atoms with Crippen molar-refractivity contribution in [1.29, 1.82) is 5.41 Å². The lowest BCUT2D eigenvalue weighted by Gasteiger charge is -2.26. The van der Waals surface area contributed by atoms with Crippen molar-refractivity contribution in [3.05, 3.63) is 68.6 Å². The lowest BCUT2D eigenvalue weighted by molar-refractivity contribution is -0.120. The predicted molar refractivity (Wildman–Crippen MR) is 124 cm³/mol. The average molecular weight is 484 g/mol. The summed E-state index contributed by atoms with van der Waals surface area (Å²) in [5.74, 6) is 0.624. The molecule has 2 aromatic carbocycles. The summed E-state index contributed by atoms with van der Waals surface area (Å²) in [4.78, 5) is 37.4. The number of aromatic nitrogens is 4. The molecule has 12 heteroatoms. The molecule has 1 aliphatic rings.